The Morgan fingerprint density at radius 2 is 2.22 bits per heavy atom. The quantitative estimate of drug-likeness (QED) is 0.798. The lowest BCUT2D eigenvalue weighted by atomic mass is 10.1. The molecule has 6 nitrogen and oxygen atoms in total. The van der Waals surface area contributed by atoms with Gasteiger partial charge in [0.05, 0.1) is 5.39 Å². The summed E-state index contributed by atoms with van der Waals surface area (Å²) in [5.74, 6) is -0.643. The Hall–Kier alpha value is -2.50. The van der Waals surface area contributed by atoms with Gasteiger partial charge < -0.3 is 9.84 Å². The van der Waals surface area contributed by atoms with Gasteiger partial charge in [0.2, 0.25) is 5.43 Å². The van der Waals surface area contributed by atoms with Gasteiger partial charge in [0, 0.05) is 13.2 Å². The van der Waals surface area contributed by atoms with Crippen LogP contribution in [0, 0.1) is 0 Å². The molecular weight excluding hydrogens is 236 g/mol. The second-order valence-electron chi connectivity index (χ2n) is 4.11. The number of para-hydroxylation sites is 1. The van der Waals surface area contributed by atoms with Crippen molar-refractivity contribution in [3.63, 3.8) is 0 Å². The van der Waals surface area contributed by atoms with Crippen LogP contribution >= 0.6 is 0 Å². The lowest BCUT2D eigenvalue weighted by Crippen LogP contribution is -2.39. The molecule has 1 aliphatic rings. The van der Waals surface area contributed by atoms with Crippen molar-refractivity contribution in [3.8, 4) is 5.75 Å². The van der Waals surface area contributed by atoms with E-state index in [0.717, 1.165) is 0 Å². The molecule has 92 valence electrons. The van der Waals surface area contributed by atoms with E-state index in [0.29, 0.717) is 23.4 Å². The van der Waals surface area contributed by atoms with E-state index >= 15 is 0 Å². The number of nitrogens with zero attached hydrogens (tertiary/aromatic N) is 2. The van der Waals surface area contributed by atoms with E-state index < -0.39 is 11.4 Å². The molecule has 0 saturated heterocycles. The number of rotatable bonds is 1. The molecule has 18 heavy (non-hydrogen) atoms. The van der Waals surface area contributed by atoms with Gasteiger partial charge in [-0.25, -0.2) is 4.79 Å². The fraction of sp³-hybridized carbons (Fsp3) is 0.167. The predicted molar refractivity (Wildman–Crippen MR) is 64.8 cm³/mol. The normalized spacial score (nSPS) is 13.5. The van der Waals surface area contributed by atoms with Crippen molar-refractivity contribution < 1.29 is 14.6 Å². The van der Waals surface area contributed by atoms with Crippen molar-refractivity contribution in [1.29, 1.82) is 0 Å². The van der Waals surface area contributed by atoms with Gasteiger partial charge in [-0.05, 0) is 12.1 Å². The van der Waals surface area contributed by atoms with E-state index in [9.17, 15) is 9.59 Å². The van der Waals surface area contributed by atoms with Crippen LogP contribution in [0.4, 0.5) is 0 Å². The maximum Gasteiger partial charge on any atom is 0.341 e. The van der Waals surface area contributed by atoms with E-state index in [-0.39, 0.29) is 5.56 Å². The molecule has 0 unspecified atom stereocenters. The monoisotopic (exact) mass is 246 g/mol. The number of hydrogen-bond donors (Lipinski definition) is 1. The first kappa shape index (κ1) is 10.6. The molecule has 0 spiro atoms. The van der Waals surface area contributed by atoms with E-state index in [1.54, 1.807) is 34.9 Å². The average Bonchev–Trinajstić information content (AvgIpc) is 2.35. The third-order valence-corrected chi connectivity index (χ3v) is 2.97. The molecule has 1 aliphatic heterocycles. The van der Waals surface area contributed by atoms with Crippen LogP contribution in [0.25, 0.3) is 10.9 Å². The number of aromatic carboxylic acids is 1. The fourth-order valence-electron chi connectivity index (χ4n) is 2.10. The van der Waals surface area contributed by atoms with Crippen LogP contribution in [-0.2, 0) is 0 Å². The summed E-state index contributed by atoms with van der Waals surface area (Å²) in [6, 6.07) is 5.04. The smallest absolute Gasteiger partial charge is 0.341 e. The maximum atomic E-state index is 12.1. The summed E-state index contributed by atoms with van der Waals surface area (Å²) in [7, 11) is 1.76. The first-order valence-electron chi connectivity index (χ1n) is 5.35. The molecule has 2 heterocycles. The van der Waals surface area contributed by atoms with Crippen LogP contribution in [0.3, 0.4) is 0 Å². The van der Waals surface area contributed by atoms with Gasteiger partial charge in [0.15, 0.2) is 6.73 Å². The molecule has 1 aromatic heterocycles. The number of carbonyl (C=O) groups is 1. The van der Waals surface area contributed by atoms with Gasteiger partial charge in [0.1, 0.15) is 16.8 Å². The molecule has 0 atom stereocenters. The van der Waals surface area contributed by atoms with Crippen LogP contribution in [0.2, 0.25) is 0 Å². The third-order valence-electron chi connectivity index (χ3n) is 2.97. The van der Waals surface area contributed by atoms with E-state index in [4.69, 9.17) is 9.84 Å². The highest BCUT2D eigenvalue weighted by Crippen LogP contribution is 2.26. The zero-order valence-electron chi connectivity index (χ0n) is 9.58. The molecule has 0 fully saturated rings. The van der Waals surface area contributed by atoms with Crippen LogP contribution in [-0.4, -0.2) is 29.5 Å². The Morgan fingerprint density at radius 3 is 2.94 bits per heavy atom. The second kappa shape index (κ2) is 3.49. The Labute approximate surface area is 102 Å². The van der Waals surface area contributed by atoms with E-state index in [1.165, 1.54) is 6.20 Å². The Balaban J connectivity index is 2.52. The molecule has 0 amide bonds. The van der Waals surface area contributed by atoms with Crippen molar-refractivity contribution in [2.45, 2.75) is 0 Å². The van der Waals surface area contributed by atoms with E-state index in [2.05, 4.69) is 0 Å². The second-order valence-corrected chi connectivity index (χ2v) is 4.11. The van der Waals surface area contributed by atoms with Gasteiger partial charge in [0.25, 0.3) is 0 Å². The zero-order chi connectivity index (χ0) is 12.9. The summed E-state index contributed by atoms with van der Waals surface area (Å²) in [6.07, 6.45) is 1.33. The van der Waals surface area contributed by atoms with Crippen molar-refractivity contribution in [3.05, 3.63) is 40.2 Å². The number of carboxylic acid groups (broad SMARTS) is 1. The predicted octanol–water partition coefficient (Wildman–Crippen LogP) is 0.617. The summed E-state index contributed by atoms with van der Waals surface area (Å²) in [4.78, 5) is 23.1. The molecule has 6 heteroatoms. The minimum Gasteiger partial charge on any atom is -0.477 e. The topological polar surface area (TPSA) is 71.8 Å². The average molecular weight is 246 g/mol. The first-order valence-corrected chi connectivity index (χ1v) is 5.35. The van der Waals surface area contributed by atoms with E-state index in [1.807, 2.05) is 0 Å². The summed E-state index contributed by atoms with van der Waals surface area (Å²) in [5.41, 5.74) is -0.135. The van der Waals surface area contributed by atoms with Gasteiger partial charge in [-0.2, -0.15) is 0 Å². The third kappa shape index (κ3) is 1.29. The largest absolute Gasteiger partial charge is 0.477 e. The molecule has 1 N–H and O–H groups in total. The highest BCUT2D eigenvalue weighted by Gasteiger charge is 2.21. The first-order chi connectivity index (χ1) is 8.59. The molecule has 0 radical (unpaired) electrons. The molecule has 0 aliphatic carbocycles. The molecule has 0 bridgehead atoms. The molecule has 1 aromatic carbocycles. The summed E-state index contributed by atoms with van der Waals surface area (Å²) in [5, 5.41) is 11.1. The van der Waals surface area contributed by atoms with Gasteiger partial charge in [-0.3, -0.25) is 14.5 Å². The Morgan fingerprint density at radius 1 is 1.44 bits per heavy atom. The highest BCUT2D eigenvalue weighted by atomic mass is 16.5. The molecule has 2 aromatic rings. The van der Waals surface area contributed by atoms with Crippen LogP contribution in [0.15, 0.2) is 29.2 Å². The summed E-state index contributed by atoms with van der Waals surface area (Å²) < 4.78 is 7.12. The molecular formula is C12H10N2O4. The van der Waals surface area contributed by atoms with Crippen LogP contribution < -0.4 is 15.2 Å². The van der Waals surface area contributed by atoms with Crippen molar-refractivity contribution in [1.82, 2.24) is 4.68 Å². The lowest BCUT2D eigenvalue weighted by molar-refractivity contribution is 0.0694. The Kier molecular flexibility index (Phi) is 2.07. The SMILES string of the molecule is CN1COc2cccc3c(=O)c(C(=O)O)cn1c23. The minimum absolute atomic E-state index is 0.242. The van der Waals surface area contributed by atoms with Gasteiger partial charge in [-0.15, -0.1) is 0 Å². The van der Waals surface area contributed by atoms with Gasteiger partial charge in [-0.1, -0.05) is 6.07 Å². The molecule has 3 rings (SSSR count). The maximum absolute atomic E-state index is 12.1. The van der Waals surface area contributed by atoms with Crippen LogP contribution in [0.1, 0.15) is 10.4 Å². The fourth-order valence-corrected chi connectivity index (χ4v) is 2.10. The van der Waals surface area contributed by atoms with Gasteiger partial charge >= 0.3 is 5.97 Å². The van der Waals surface area contributed by atoms with Crippen molar-refractivity contribution >= 4 is 16.9 Å². The zero-order valence-corrected chi connectivity index (χ0v) is 9.58. The standard InChI is InChI=1S/C12H10N2O4/c1-13-6-18-9-4-2-3-7-10(9)14(13)5-8(11(7)15)12(16)17/h2-5H,6H2,1H3,(H,16,17). The number of pyridine rings is 1. The number of benzene rings is 1. The van der Waals surface area contributed by atoms with Crippen molar-refractivity contribution in [2.24, 2.45) is 0 Å². The molecule has 0 saturated carbocycles. The van der Waals surface area contributed by atoms with Crippen molar-refractivity contribution in [2.75, 3.05) is 18.8 Å². The summed E-state index contributed by atoms with van der Waals surface area (Å²) in [6.45, 7) is 0.300. The highest BCUT2D eigenvalue weighted by molar-refractivity contribution is 5.94. The minimum atomic E-state index is -1.23. The van der Waals surface area contributed by atoms with Crippen LogP contribution in [0.5, 0.6) is 5.75 Å². The Bertz CT molecular complexity index is 720. The number of hydrogen-bond acceptors (Lipinski definition) is 4. The number of aromatic nitrogens is 1. The summed E-state index contributed by atoms with van der Waals surface area (Å²) >= 11 is 0. The number of ether oxygens (including phenoxy) is 1. The number of carboxylic acids is 1. The lowest BCUT2D eigenvalue weighted by Gasteiger charge is -2.30.